The number of hydrogen-bond donors (Lipinski definition) is 1. The van der Waals surface area contributed by atoms with Gasteiger partial charge in [-0.1, -0.05) is 37.3 Å². The van der Waals surface area contributed by atoms with Gasteiger partial charge in [0.2, 0.25) is 0 Å². The number of benzene rings is 1. The van der Waals surface area contributed by atoms with Crippen LogP contribution in [0.4, 0.5) is 0 Å². The highest BCUT2D eigenvalue weighted by Crippen LogP contribution is 2.33. The second-order valence-electron chi connectivity index (χ2n) is 4.47. The van der Waals surface area contributed by atoms with Crippen LogP contribution >= 0.6 is 0 Å². The largest absolute Gasteiger partial charge is 0.330 e. The van der Waals surface area contributed by atoms with Crippen molar-refractivity contribution in [1.82, 2.24) is 4.90 Å². The van der Waals surface area contributed by atoms with Crippen LogP contribution in [0.2, 0.25) is 0 Å². The van der Waals surface area contributed by atoms with E-state index in [4.69, 9.17) is 5.73 Å². The Balaban J connectivity index is 2.24. The van der Waals surface area contributed by atoms with Gasteiger partial charge in [0.15, 0.2) is 0 Å². The van der Waals surface area contributed by atoms with Crippen molar-refractivity contribution in [2.24, 2.45) is 5.73 Å². The molecule has 0 aliphatic carbocycles. The van der Waals surface area contributed by atoms with E-state index in [1.807, 2.05) is 0 Å². The van der Waals surface area contributed by atoms with Crippen LogP contribution < -0.4 is 5.73 Å². The minimum absolute atomic E-state index is 0.206. The van der Waals surface area contributed by atoms with E-state index in [0.29, 0.717) is 0 Å². The zero-order valence-corrected chi connectivity index (χ0v) is 9.45. The summed E-state index contributed by atoms with van der Waals surface area (Å²) >= 11 is 0. The molecule has 1 aliphatic heterocycles. The fourth-order valence-electron chi connectivity index (χ4n) is 2.54. The van der Waals surface area contributed by atoms with Crippen molar-refractivity contribution in [2.75, 3.05) is 26.2 Å². The monoisotopic (exact) mass is 204 g/mol. The van der Waals surface area contributed by atoms with E-state index in [1.165, 1.54) is 18.5 Å². The molecule has 1 fully saturated rings. The van der Waals surface area contributed by atoms with Gasteiger partial charge >= 0.3 is 0 Å². The first-order valence-electron chi connectivity index (χ1n) is 5.79. The minimum Gasteiger partial charge on any atom is -0.330 e. The summed E-state index contributed by atoms with van der Waals surface area (Å²) in [4.78, 5) is 2.49. The summed E-state index contributed by atoms with van der Waals surface area (Å²) in [5.74, 6) is 0. The lowest BCUT2D eigenvalue weighted by Crippen LogP contribution is -2.38. The predicted octanol–water partition coefficient (Wildman–Crippen LogP) is 1.61. The van der Waals surface area contributed by atoms with E-state index >= 15 is 0 Å². The molecule has 1 aromatic carbocycles. The summed E-state index contributed by atoms with van der Waals surface area (Å²) in [6, 6.07) is 10.7. The van der Waals surface area contributed by atoms with Crippen LogP contribution in [0.3, 0.4) is 0 Å². The maximum Gasteiger partial charge on any atom is 0.0215 e. The van der Waals surface area contributed by atoms with Gasteiger partial charge < -0.3 is 10.6 Å². The molecular formula is C13H20N2. The Morgan fingerprint density at radius 1 is 1.33 bits per heavy atom. The molecule has 0 unspecified atom stereocenters. The van der Waals surface area contributed by atoms with Gasteiger partial charge in [-0.05, 0) is 25.1 Å². The zero-order valence-electron chi connectivity index (χ0n) is 9.45. The van der Waals surface area contributed by atoms with E-state index in [0.717, 1.165) is 19.6 Å². The molecule has 0 radical (unpaired) electrons. The molecule has 0 amide bonds. The normalized spacial score (nSPS) is 27.1. The van der Waals surface area contributed by atoms with Crippen molar-refractivity contribution in [1.29, 1.82) is 0 Å². The van der Waals surface area contributed by atoms with Gasteiger partial charge in [0.25, 0.3) is 0 Å². The first kappa shape index (κ1) is 10.7. The average molecular weight is 204 g/mol. The molecule has 15 heavy (non-hydrogen) atoms. The molecule has 2 heteroatoms. The van der Waals surface area contributed by atoms with Crippen molar-refractivity contribution >= 4 is 0 Å². The van der Waals surface area contributed by atoms with Crippen LogP contribution in [0.1, 0.15) is 18.9 Å². The molecule has 2 rings (SSSR count). The maximum absolute atomic E-state index is 5.99. The van der Waals surface area contributed by atoms with Crippen molar-refractivity contribution in [2.45, 2.75) is 18.8 Å². The molecule has 0 saturated carbocycles. The van der Waals surface area contributed by atoms with Gasteiger partial charge in [-0.3, -0.25) is 0 Å². The highest BCUT2D eigenvalue weighted by atomic mass is 15.2. The van der Waals surface area contributed by atoms with Crippen molar-refractivity contribution < 1.29 is 0 Å². The molecule has 0 spiro atoms. The Morgan fingerprint density at radius 2 is 2.07 bits per heavy atom. The Labute approximate surface area is 92.1 Å². The van der Waals surface area contributed by atoms with Gasteiger partial charge in [0.1, 0.15) is 0 Å². The highest BCUT2D eigenvalue weighted by Gasteiger charge is 2.37. The Morgan fingerprint density at radius 3 is 2.60 bits per heavy atom. The zero-order chi connectivity index (χ0) is 10.7. The predicted molar refractivity (Wildman–Crippen MR) is 63.9 cm³/mol. The second-order valence-corrected chi connectivity index (χ2v) is 4.47. The van der Waals surface area contributed by atoms with Crippen LogP contribution in [-0.4, -0.2) is 31.1 Å². The smallest absolute Gasteiger partial charge is 0.0215 e. The number of nitrogens with zero attached hydrogens (tertiary/aromatic N) is 1. The lowest BCUT2D eigenvalue weighted by atomic mass is 9.80. The third-order valence-electron chi connectivity index (χ3n) is 3.66. The topological polar surface area (TPSA) is 29.3 Å². The number of hydrogen-bond acceptors (Lipinski definition) is 2. The first-order chi connectivity index (χ1) is 7.30. The van der Waals surface area contributed by atoms with Gasteiger partial charge in [-0.15, -0.1) is 0 Å². The SMILES string of the molecule is CCN1CC[C@](CN)(c2ccccc2)C1. The molecule has 1 heterocycles. The Hall–Kier alpha value is -0.860. The highest BCUT2D eigenvalue weighted by molar-refractivity contribution is 5.28. The summed E-state index contributed by atoms with van der Waals surface area (Å²) in [5.41, 5.74) is 7.60. The molecular weight excluding hydrogens is 184 g/mol. The standard InChI is InChI=1S/C13H20N2/c1-2-15-9-8-13(10-14,11-15)12-6-4-3-5-7-12/h3-7H,2,8-11,14H2,1H3/t13-/m1/s1. The van der Waals surface area contributed by atoms with E-state index in [1.54, 1.807) is 0 Å². The molecule has 2 nitrogen and oxygen atoms in total. The van der Waals surface area contributed by atoms with E-state index < -0.39 is 0 Å². The summed E-state index contributed by atoms with van der Waals surface area (Å²) in [7, 11) is 0. The quantitative estimate of drug-likeness (QED) is 0.810. The van der Waals surface area contributed by atoms with Crippen LogP contribution in [0.15, 0.2) is 30.3 Å². The molecule has 1 saturated heterocycles. The number of likely N-dealkylation sites (N-methyl/N-ethyl adjacent to an activating group) is 1. The lowest BCUT2D eigenvalue weighted by molar-refractivity contribution is 0.327. The van der Waals surface area contributed by atoms with E-state index in [-0.39, 0.29) is 5.41 Å². The van der Waals surface area contributed by atoms with Crippen LogP contribution in [0.5, 0.6) is 0 Å². The number of likely N-dealkylation sites (tertiary alicyclic amines) is 1. The fraction of sp³-hybridized carbons (Fsp3) is 0.538. The van der Waals surface area contributed by atoms with Gasteiger partial charge in [0.05, 0.1) is 0 Å². The second kappa shape index (κ2) is 4.33. The van der Waals surface area contributed by atoms with Gasteiger partial charge in [0, 0.05) is 18.5 Å². The maximum atomic E-state index is 5.99. The average Bonchev–Trinajstić information content (AvgIpc) is 2.75. The summed E-state index contributed by atoms with van der Waals surface area (Å²) in [6.45, 7) is 6.41. The molecule has 0 bridgehead atoms. The molecule has 0 aromatic heterocycles. The summed E-state index contributed by atoms with van der Waals surface area (Å²) < 4.78 is 0. The van der Waals surface area contributed by atoms with Gasteiger partial charge in [-0.2, -0.15) is 0 Å². The molecule has 1 aliphatic rings. The lowest BCUT2D eigenvalue weighted by Gasteiger charge is -2.28. The fourth-order valence-corrected chi connectivity index (χ4v) is 2.54. The van der Waals surface area contributed by atoms with E-state index in [2.05, 4.69) is 42.2 Å². The third-order valence-corrected chi connectivity index (χ3v) is 3.66. The van der Waals surface area contributed by atoms with Crippen molar-refractivity contribution in [3.63, 3.8) is 0 Å². The molecule has 1 aromatic rings. The molecule has 82 valence electrons. The molecule has 2 N–H and O–H groups in total. The Kier molecular flexibility index (Phi) is 3.08. The summed E-state index contributed by atoms with van der Waals surface area (Å²) in [5, 5.41) is 0. The van der Waals surface area contributed by atoms with Gasteiger partial charge in [-0.25, -0.2) is 0 Å². The van der Waals surface area contributed by atoms with Crippen LogP contribution in [0.25, 0.3) is 0 Å². The minimum atomic E-state index is 0.206. The first-order valence-corrected chi connectivity index (χ1v) is 5.79. The van der Waals surface area contributed by atoms with Crippen LogP contribution in [-0.2, 0) is 5.41 Å². The van der Waals surface area contributed by atoms with Crippen molar-refractivity contribution in [3.05, 3.63) is 35.9 Å². The molecule has 1 atom stereocenters. The number of rotatable bonds is 3. The number of nitrogens with two attached hydrogens (primary N) is 1. The summed E-state index contributed by atoms with van der Waals surface area (Å²) in [6.07, 6.45) is 1.20. The van der Waals surface area contributed by atoms with Crippen molar-refractivity contribution in [3.8, 4) is 0 Å². The third kappa shape index (κ3) is 1.92. The van der Waals surface area contributed by atoms with E-state index in [9.17, 15) is 0 Å². The Bertz CT molecular complexity index is 310. The van der Waals surface area contributed by atoms with Crippen LogP contribution in [0, 0.1) is 0 Å².